The van der Waals surface area contributed by atoms with Gasteiger partial charge in [-0.2, -0.15) is 5.10 Å². The molecule has 0 amide bonds. The Kier molecular flexibility index (Phi) is 3.10. The van der Waals surface area contributed by atoms with Gasteiger partial charge in [-0.25, -0.2) is 18.2 Å². The van der Waals surface area contributed by atoms with Crippen LogP contribution in [0, 0.1) is 17.5 Å². The van der Waals surface area contributed by atoms with Crippen LogP contribution in [0.1, 0.15) is 17.4 Å². The molecule has 2 N–H and O–H groups in total. The van der Waals surface area contributed by atoms with E-state index in [9.17, 15) is 13.2 Å². The molecule has 4 nitrogen and oxygen atoms in total. The van der Waals surface area contributed by atoms with Crippen molar-refractivity contribution < 1.29 is 13.2 Å². The number of H-pyrrole nitrogens is 1. The molecule has 0 radical (unpaired) electrons. The molecule has 0 saturated carbocycles. The number of aromatic nitrogens is 3. The van der Waals surface area contributed by atoms with Crippen molar-refractivity contribution in [2.45, 2.75) is 6.04 Å². The van der Waals surface area contributed by atoms with E-state index in [0.29, 0.717) is 5.82 Å². The largest absolute Gasteiger partial charge is 0.307 e. The lowest BCUT2D eigenvalue weighted by molar-refractivity contribution is 0.433. The van der Waals surface area contributed by atoms with Crippen LogP contribution in [-0.4, -0.2) is 22.2 Å². The molecule has 2 aromatic rings. The summed E-state index contributed by atoms with van der Waals surface area (Å²) < 4.78 is 39.5. The molecule has 0 aliphatic rings. The highest BCUT2D eigenvalue weighted by Gasteiger charge is 2.22. The molecule has 0 aliphatic carbocycles. The topological polar surface area (TPSA) is 53.6 Å². The van der Waals surface area contributed by atoms with Gasteiger partial charge in [0.15, 0.2) is 17.5 Å². The smallest absolute Gasteiger partial charge is 0.194 e. The van der Waals surface area contributed by atoms with E-state index in [1.807, 2.05) is 0 Å². The van der Waals surface area contributed by atoms with E-state index in [0.717, 1.165) is 12.1 Å². The summed E-state index contributed by atoms with van der Waals surface area (Å²) in [6, 6.07) is 1.32. The van der Waals surface area contributed by atoms with Gasteiger partial charge in [-0.3, -0.25) is 5.10 Å². The van der Waals surface area contributed by atoms with Crippen molar-refractivity contribution in [1.82, 2.24) is 20.5 Å². The van der Waals surface area contributed by atoms with E-state index >= 15 is 0 Å². The molecule has 0 saturated heterocycles. The lowest BCUT2D eigenvalue weighted by atomic mass is 10.1. The number of hydrogen-bond donors (Lipinski definition) is 2. The van der Waals surface area contributed by atoms with Gasteiger partial charge < -0.3 is 5.32 Å². The van der Waals surface area contributed by atoms with Crippen LogP contribution in [0.3, 0.4) is 0 Å². The van der Waals surface area contributed by atoms with Crippen molar-refractivity contribution in [3.05, 3.63) is 47.3 Å². The van der Waals surface area contributed by atoms with Gasteiger partial charge in [0.1, 0.15) is 12.2 Å². The lowest BCUT2D eigenvalue weighted by Crippen LogP contribution is -2.21. The zero-order chi connectivity index (χ0) is 12.4. The van der Waals surface area contributed by atoms with Crippen LogP contribution in [0.15, 0.2) is 18.5 Å². The molecule has 90 valence electrons. The second kappa shape index (κ2) is 4.54. The SMILES string of the molecule is CNC(c1ncn[nH]1)c1ccc(F)c(F)c1F. The molecule has 0 bridgehead atoms. The third-order valence-corrected chi connectivity index (χ3v) is 2.37. The summed E-state index contributed by atoms with van der Waals surface area (Å²) in [5, 5.41) is 8.91. The highest BCUT2D eigenvalue weighted by Crippen LogP contribution is 2.24. The zero-order valence-electron chi connectivity index (χ0n) is 8.84. The fourth-order valence-electron chi connectivity index (χ4n) is 1.56. The van der Waals surface area contributed by atoms with Crippen LogP contribution in [-0.2, 0) is 0 Å². The van der Waals surface area contributed by atoms with Gasteiger partial charge in [0, 0.05) is 5.56 Å². The Morgan fingerprint density at radius 2 is 2.00 bits per heavy atom. The van der Waals surface area contributed by atoms with Crippen molar-refractivity contribution in [3.8, 4) is 0 Å². The molecule has 1 unspecified atom stereocenters. The average Bonchev–Trinajstić information content (AvgIpc) is 2.84. The maximum Gasteiger partial charge on any atom is 0.194 e. The standard InChI is InChI=1S/C10H9F3N4/c1-14-9(10-15-4-16-17-10)5-2-3-6(11)8(13)7(5)12/h2-4,9,14H,1H3,(H,15,16,17). The van der Waals surface area contributed by atoms with Crippen LogP contribution < -0.4 is 5.32 Å². The van der Waals surface area contributed by atoms with E-state index in [2.05, 4.69) is 20.5 Å². The molecular weight excluding hydrogens is 233 g/mol. The molecular formula is C10H9F3N4. The van der Waals surface area contributed by atoms with Gasteiger partial charge in [-0.1, -0.05) is 6.07 Å². The molecule has 7 heteroatoms. The van der Waals surface area contributed by atoms with Gasteiger partial charge in [-0.15, -0.1) is 0 Å². The molecule has 1 aromatic carbocycles. The summed E-state index contributed by atoms with van der Waals surface area (Å²) in [5.74, 6) is -3.64. The number of aromatic amines is 1. The second-order valence-corrected chi connectivity index (χ2v) is 3.36. The third-order valence-electron chi connectivity index (χ3n) is 2.37. The van der Waals surface area contributed by atoms with Gasteiger partial charge in [-0.05, 0) is 13.1 Å². The number of rotatable bonds is 3. The van der Waals surface area contributed by atoms with E-state index in [4.69, 9.17) is 0 Å². The predicted molar refractivity (Wildman–Crippen MR) is 53.6 cm³/mol. The van der Waals surface area contributed by atoms with Crippen LogP contribution in [0.4, 0.5) is 13.2 Å². The van der Waals surface area contributed by atoms with Gasteiger partial charge in [0.05, 0.1) is 6.04 Å². The Hall–Kier alpha value is -1.89. The van der Waals surface area contributed by atoms with Crippen molar-refractivity contribution in [1.29, 1.82) is 0 Å². The number of halogens is 3. The van der Waals surface area contributed by atoms with Crippen molar-refractivity contribution >= 4 is 0 Å². The van der Waals surface area contributed by atoms with E-state index in [1.54, 1.807) is 7.05 Å². The highest BCUT2D eigenvalue weighted by atomic mass is 19.2. The summed E-state index contributed by atoms with van der Waals surface area (Å²) in [7, 11) is 1.55. The molecule has 17 heavy (non-hydrogen) atoms. The average molecular weight is 242 g/mol. The molecule has 0 fully saturated rings. The Morgan fingerprint density at radius 1 is 1.24 bits per heavy atom. The number of nitrogens with one attached hydrogen (secondary N) is 2. The first-order valence-corrected chi connectivity index (χ1v) is 4.81. The molecule has 0 aliphatic heterocycles. The van der Waals surface area contributed by atoms with Crippen molar-refractivity contribution in [2.24, 2.45) is 0 Å². The lowest BCUT2D eigenvalue weighted by Gasteiger charge is -2.14. The summed E-state index contributed by atoms with van der Waals surface area (Å²) in [4.78, 5) is 3.84. The first-order valence-electron chi connectivity index (χ1n) is 4.81. The Bertz CT molecular complexity index is 513. The summed E-state index contributed by atoms with van der Waals surface area (Å²) in [6.45, 7) is 0. The predicted octanol–water partition coefficient (Wildman–Crippen LogP) is 1.53. The van der Waals surface area contributed by atoms with E-state index in [-0.39, 0.29) is 5.56 Å². The fraction of sp³-hybridized carbons (Fsp3) is 0.200. The maximum atomic E-state index is 13.6. The van der Waals surface area contributed by atoms with Crippen LogP contribution in [0.25, 0.3) is 0 Å². The normalized spacial score (nSPS) is 12.7. The minimum absolute atomic E-state index is 0.0387. The molecule has 1 heterocycles. The molecule has 2 rings (SSSR count). The Balaban J connectivity index is 2.49. The maximum absolute atomic E-state index is 13.6. The second-order valence-electron chi connectivity index (χ2n) is 3.36. The van der Waals surface area contributed by atoms with E-state index < -0.39 is 23.5 Å². The zero-order valence-corrected chi connectivity index (χ0v) is 8.84. The molecule has 1 atom stereocenters. The Morgan fingerprint density at radius 3 is 2.59 bits per heavy atom. The van der Waals surface area contributed by atoms with Gasteiger partial charge in [0.2, 0.25) is 0 Å². The quantitative estimate of drug-likeness (QED) is 0.802. The number of hydrogen-bond acceptors (Lipinski definition) is 3. The minimum Gasteiger partial charge on any atom is -0.307 e. The van der Waals surface area contributed by atoms with E-state index in [1.165, 1.54) is 6.33 Å². The third kappa shape index (κ3) is 2.01. The Labute approximate surface area is 94.9 Å². The summed E-state index contributed by atoms with van der Waals surface area (Å²) in [6.07, 6.45) is 1.25. The molecule has 0 spiro atoms. The molecule has 1 aromatic heterocycles. The number of benzene rings is 1. The summed E-state index contributed by atoms with van der Waals surface area (Å²) >= 11 is 0. The minimum atomic E-state index is -1.50. The van der Waals surface area contributed by atoms with Gasteiger partial charge >= 0.3 is 0 Å². The first kappa shape index (κ1) is 11.6. The summed E-state index contributed by atoms with van der Waals surface area (Å²) in [5.41, 5.74) is -0.0387. The van der Waals surface area contributed by atoms with Crippen LogP contribution in [0.5, 0.6) is 0 Å². The van der Waals surface area contributed by atoms with Gasteiger partial charge in [0.25, 0.3) is 0 Å². The first-order chi connectivity index (χ1) is 8.15. The van der Waals surface area contributed by atoms with Crippen LogP contribution >= 0.6 is 0 Å². The van der Waals surface area contributed by atoms with Crippen molar-refractivity contribution in [2.75, 3.05) is 7.05 Å². The monoisotopic (exact) mass is 242 g/mol. The van der Waals surface area contributed by atoms with Crippen molar-refractivity contribution in [3.63, 3.8) is 0 Å². The van der Waals surface area contributed by atoms with Crippen LogP contribution in [0.2, 0.25) is 0 Å². The fourth-order valence-corrected chi connectivity index (χ4v) is 1.56. The number of nitrogens with zero attached hydrogens (tertiary/aromatic N) is 2. The highest BCUT2D eigenvalue weighted by molar-refractivity contribution is 5.27.